The number of hydrogen-bond acceptors (Lipinski definition) is 2. The Bertz CT molecular complexity index is 336. The Balaban J connectivity index is 1.84. The van der Waals surface area contributed by atoms with Gasteiger partial charge in [0.05, 0.1) is 0 Å². The molecule has 2 heteroatoms. The van der Waals surface area contributed by atoms with Crippen molar-refractivity contribution in [1.29, 1.82) is 0 Å². The van der Waals surface area contributed by atoms with Crippen LogP contribution in [0.1, 0.15) is 38.2 Å². The van der Waals surface area contributed by atoms with Crippen LogP contribution in [-0.4, -0.2) is 30.1 Å². The lowest BCUT2D eigenvalue weighted by Gasteiger charge is -2.36. The van der Waals surface area contributed by atoms with Gasteiger partial charge in [-0.05, 0) is 37.8 Å². The Labute approximate surface area is 111 Å². The predicted octanol–water partition coefficient (Wildman–Crippen LogP) is 2.82. The Morgan fingerprint density at radius 3 is 2.78 bits per heavy atom. The normalized spacial score (nSPS) is 22.9. The highest BCUT2D eigenvalue weighted by Gasteiger charge is 2.22. The maximum absolute atomic E-state index is 6.31. The van der Waals surface area contributed by atoms with Crippen LogP contribution in [-0.2, 0) is 6.42 Å². The van der Waals surface area contributed by atoms with Gasteiger partial charge in [0.2, 0.25) is 0 Å². The SMILES string of the molecule is CCC1CCCCN1CC(N)Cc1ccccc1. The van der Waals surface area contributed by atoms with Gasteiger partial charge < -0.3 is 5.73 Å². The van der Waals surface area contributed by atoms with Crippen molar-refractivity contribution in [2.45, 2.75) is 51.1 Å². The van der Waals surface area contributed by atoms with Gasteiger partial charge in [0.1, 0.15) is 0 Å². The quantitative estimate of drug-likeness (QED) is 0.865. The third-order valence-corrected chi connectivity index (χ3v) is 4.03. The van der Waals surface area contributed by atoms with Gasteiger partial charge in [0.25, 0.3) is 0 Å². The molecule has 0 aliphatic carbocycles. The fourth-order valence-electron chi connectivity index (χ4n) is 3.05. The van der Waals surface area contributed by atoms with Gasteiger partial charge in [0, 0.05) is 18.6 Å². The van der Waals surface area contributed by atoms with E-state index >= 15 is 0 Å². The number of rotatable bonds is 5. The lowest BCUT2D eigenvalue weighted by atomic mass is 9.98. The minimum absolute atomic E-state index is 0.263. The van der Waals surface area contributed by atoms with Crippen LogP contribution in [0.25, 0.3) is 0 Å². The standard InChI is InChI=1S/C16H26N2/c1-2-16-10-6-7-11-18(16)13-15(17)12-14-8-4-3-5-9-14/h3-5,8-9,15-16H,2,6-7,10-13,17H2,1H3. The zero-order chi connectivity index (χ0) is 12.8. The van der Waals surface area contributed by atoms with Crippen molar-refractivity contribution in [2.24, 2.45) is 5.73 Å². The van der Waals surface area contributed by atoms with Gasteiger partial charge in [-0.1, -0.05) is 43.7 Å². The van der Waals surface area contributed by atoms with E-state index in [1.54, 1.807) is 0 Å². The van der Waals surface area contributed by atoms with Gasteiger partial charge in [-0.15, -0.1) is 0 Å². The zero-order valence-corrected chi connectivity index (χ0v) is 11.5. The summed E-state index contributed by atoms with van der Waals surface area (Å²) in [5, 5.41) is 0. The summed E-state index contributed by atoms with van der Waals surface area (Å²) >= 11 is 0. The molecule has 0 saturated carbocycles. The van der Waals surface area contributed by atoms with Crippen LogP contribution < -0.4 is 5.73 Å². The summed E-state index contributed by atoms with van der Waals surface area (Å²) in [6.45, 7) is 4.58. The van der Waals surface area contributed by atoms with Crippen LogP contribution in [0.15, 0.2) is 30.3 Å². The molecular formula is C16H26N2. The first-order chi connectivity index (χ1) is 8.79. The highest BCUT2D eigenvalue weighted by atomic mass is 15.2. The Kier molecular flexibility index (Phi) is 5.21. The monoisotopic (exact) mass is 246 g/mol. The minimum atomic E-state index is 0.263. The van der Waals surface area contributed by atoms with Crippen LogP contribution >= 0.6 is 0 Å². The number of piperidine rings is 1. The second-order valence-electron chi connectivity index (χ2n) is 5.50. The van der Waals surface area contributed by atoms with Gasteiger partial charge in [-0.3, -0.25) is 4.90 Å². The molecule has 1 aromatic carbocycles. The molecule has 2 atom stereocenters. The van der Waals surface area contributed by atoms with Gasteiger partial charge in [-0.25, -0.2) is 0 Å². The molecule has 1 saturated heterocycles. The van der Waals surface area contributed by atoms with E-state index in [9.17, 15) is 0 Å². The fraction of sp³-hybridized carbons (Fsp3) is 0.625. The number of nitrogens with two attached hydrogens (primary N) is 1. The summed E-state index contributed by atoms with van der Waals surface area (Å²) in [5.41, 5.74) is 7.67. The lowest BCUT2D eigenvalue weighted by Crippen LogP contribution is -2.46. The van der Waals surface area contributed by atoms with Gasteiger partial charge in [0.15, 0.2) is 0 Å². The molecule has 18 heavy (non-hydrogen) atoms. The molecule has 1 aliphatic rings. The van der Waals surface area contributed by atoms with E-state index in [2.05, 4.69) is 42.2 Å². The largest absolute Gasteiger partial charge is 0.326 e. The summed E-state index contributed by atoms with van der Waals surface area (Å²) < 4.78 is 0. The Morgan fingerprint density at radius 1 is 1.28 bits per heavy atom. The summed E-state index contributed by atoms with van der Waals surface area (Å²) in [4.78, 5) is 2.61. The molecule has 0 bridgehead atoms. The third-order valence-electron chi connectivity index (χ3n) is 4.03. The van der Waals surface area contributed by atoms with Crippen LogP contribution in [0, 0.1) is 0 Å². The summed E-state index contributed by atoms with van der Waals surface area (Å²) in [6, 6.07) is 11.6. The van der Waals surface area contributed by atoms with E-state index in [-0.39, 0.29) is 6.04 Å². The van der Waals surface area contributed by atoms with Crippen molar-refractivity contribution in [3.8, 4) is 0 Å². The van der Waals surface area contributed by atoms with E-state index in [0.29, 0.717) is 0 Å². The summed E-state index contributed by atoms with van der Waals surface area (Å²) in [6.07, 6.45) is 6.35. The first-order valence-electron chi connectivity index (χ1n) is 7.33. The molecule has 0 spiro atoms. The average Bonchev–Trinajstić information content (AvgIpc) is 2.40. The van der Waals surface area contributed by atoms with Crippen LogP contribution in [0.4, 0.5) is 0 Å². The molecular weight excluding hydrogens is 220 g/mol. The Hall–Kier alpha value is -0.860. The minimum Gasteiger partial charge on any atom is -0.326 e. The maximum atomic E-state index is 6.31. The smallest absolute Gasteiger partial charge is 0.0208 e. The van der Waals surface area contributed by atoms with Crippen molar-refractivity contribution in [3.63, 3.8) is 0 Å². The van der Waals surface area contributed by atoms with Crippen molar-refractivity contribution in [3.05, 3.63) is 35.9 Å². The van der Waals surface area contributed by atoms with Crippen molar-refractivity contribution in [1.82, 2.24) is 4.90 Å². The molecule has 100 valence electrons. The van der Waals surface area contributed by atoms with Crippen molar-refractivity contribution >= 4 is 0 Å². The first kappa shape index (κ1) is 13.6. The summed E-state index contributed by atoms with van der Waals surface area (Å²) in [5.74, 6) is 0. The molecule has 0 aromatic heterocycles. The second-order valence-corrected chi connectivity index (χ2v) is 5.50. The Morgan fingerprint density at radius 2 is 2.06 bits per heavy atom. The third kappa shape index (κ3) is 3.82. The molecule has 1 fully saturated rings. The molecule has 2 nitrogen and oxygen atoms in total. The number of nitrogens with zero attached hydrogens (tertiary/aromatic N) is 1. The number of likely N-dealkylation sites (tertiary alicyclic amines) is 1. The van der Waals surface area contributed by atoms with Crippen LogP contribution in [0.2, 0.25) is 0 Å². The van der Waals surface area contributed by atoms with Gasteiger partial charge in [-0.2, -0.15) is 0 Å². The zero-order valence-electron chi connectivity index (χ0n) is 11.5. The van der Waals surface area contributed by atoms with E-state index < -0.39 is 0 Å². The molecule has 1 aliphatic heterocycles. The van der Waals surface area contributed by atoms with E-state index in [4.69, 9.17) is 5.73 Å². The van der Waals surface area contributed by atoms with Crippen molar-refractivity contribution < 1.29 is 0 Å². The predicted molar refractivity (Wildman–Crippen MR) is 77.6 cm³/mol. The van der Waals surface area contributed by atoms with E-state index in [0.717, 1.165) is 19.0 Å². The van der Waals surface area contributed by atoms with E-state index in [1.807, 2.05) is 0 Å². The molecule has 0 amide bonds. The lowest BCUT2D eigenvalue weighted by molar-refractivity contribution is 0.135. The molecule has 0 radical (unpaired) electrons. The molecule has 1 heterocycles. The topological polar surface area (TPSA) is 29.3 Å². The van der Waals surface area contributed by atoms with Crippen LogP contribution in [0.5, 0.6) is 0 Å². The molecule has 2 N–H and O–H groups in total. The highest BCUT2D eigenvalue weighted by molar-refractivity contribution is 5.15. The highest BCUT2D eigenvalue weighted by Crippen LogP contribution is 2.19. The maximum Gasteiger partial charge on any atom is 0.0208 e. The van der Waals surface area contributed by atoms with E-state index in [1.165, 1.54) is 37.8 Å². The first-order valence-corrected chi connectivity index (χ1v) is 7.33. The van der Waals surface area contributed by atoms with Gasteiger partial charge >= 0.3 is 0 Å². The number of benzene rings is 1. The van der Waals surface area contributed by atoms with Crippen molar-refractivity contribution in [2.75, 3.05) is 13.1 Å². The second kappa shape index (κ2) is 6.91. The number of hydrogen-bond donors (Lipinski definition) is 1. The average molecular weight is 246 g/mol. The fourth-order valence-corrected chi connectivity index (χ4v) is 3.05. The summed E-state index contributed by atoms with van der Waals surface area (Å²) in [7, 11) is 0. The molecule has 2 unspecified atom stereocenters. The molecule has 2 rings (SSSR count). The molecule has 1 aromatic rings. The van der Waals surface area contributed by atoms with Crippen LogP contribution in [0.3, 0.4) is 0 Å².